The van der Waals surface area contributed by atoms with Gasteiger partial charge in [0.2, 0.25) is 5.91 Å². The minimum absolute atomic E-state index is 0.0437. The summed E-state index contributed by atoms with van der Waals surface area (Å²) in [4.78, 5) is 11.6. The Morgan fingerprint density at radius 1 is 1.44 bits per heavy atom. The number of carbonyl (C=O) groups excluding carboxylic acids is 1. The number of hydrogen-bond acceptors (Lipinski definition) is 2. The van der Waals surface area contributed by atoms with Crippen LogP contribution < -0.4 is 10.6 Å². The molecule has 88 valence electrons. The van der Waals surface area contributed by atoms with Crippen molar-refractivity contribution in [3.8, 4) is 0 Å². The van der Waals surface area contributed by atoms with Crippen molar-refractivity contribution < 1.29 is 4.79 Å². The lowest BCUT2D eigenvalue weighted by Crippen LogP contribution is -2.21. The van der Waals surface area contributed by atoms with Crippen LogP contribution in [0, 0.1) is 6.92 Å². The lowest BCUT2D eigenvalue weighted by molar-refractivity contribution is -0.116. The first-order chi connectivity index (χ1) is 7.63. The van der Waals surface area contributed by atoms with E-state index in [9.17, 15) is 4.79 Å². The van der Waals surface area contributed by atoms with E-state index in [2.05, 4.69) is 26.6 Å². The second-order valence-electron chi connectivity index (χ2n) is 3.61. The zero-order valence-electron chi connectivity index (χ0n) is 9.64. The molecule has 0 aliphatic carbocycles. The van der Waals surface area contributed by atoms with Gasteiger partial charge in [-0.25, -0.2) is 0 Å². The Hall–Kier alpha value is -0.870. The van der Waals surface area contributed by atoms with Gasteiger partial charge in [0.1, 0.15) is 0 Å². The fourth-order valence-corrected chi connectivity index (χ4v) is 1.68. The first-order valence-electron chi connectivity index (χ1n) is 5.40. The van der Waals surface area contributed by atoms with Crippen LogP contribution >= 0.6 is 15.9 Å². The van der Waals surface area contributed by atoms with E-state index in [1.807, 2.05) is 32.0 Å². The van der Waals surface area contributed by atoms with Gasteiger partial charge in [0.25, 0.3) is 0 Å². The van der Waals surface area contributed by atoms with E-state index < -0.39 is 0 Å². The molecule has 0 aliphatic heterocycles. The van der Waals surface area contributed by atoms with Gasteiger partial charge in [-0.2, -0.15) is 0 Å². The number of halogens is 1. The number of benzene rings is 1. The van der Waals surface area contributed by atoms with Gasteiger partial charge in [-0.3, -0.25) is 4.79 Å². The molecule has 1 amide bonds. The molecular formula is C12H17BrN2O. The summed E-state index contributed by atoms with van der Waals surface area (Å²) in [5, 5.41) is 6.02. The molecule has 0 unspecified atom stereocenters. The third kappa shape index (κ3) is 4.33. The van der Waals surface area contributed by atoms with Crippen LogP contribution in [-0.2, 0) is 4.79 Å². The van der Waals surface area contributed by atoms with Crippen molar-refractivity contribution in [3.63, 3.8) is 0 Å². The predicted molar refractivity (Wildman–Crippen MR) is 70.7 cm³/mol. The maximum absolute atomic E-state index is 11.6. The van der Waals surface area contributed by atoms with Crippen molar-refractivity contribution in [1.29, 1.82) is 0 Å². The van der Waals surface area contributed by atoms with E-state index in [-0.39, 0.29) is 5.91 Å². The van der Waals surface area contributed by atoms with Gasteiger partial charge < -0.3 is 10.6 Å². The molecule has 0 fully saturated rings. The SMILES string of the molecule is CCNCCC(=O)Nc1cc(Br)ccc1C. The Morgan fingerprint density at radius 3 is 2.88 bits per heavy atom. The standard InChI is InChI=1S/C12H17BrN2O/c1-3-14-7-6-12(16)15-11-8-10(13)5-4-9(11)2/h4-5,8,14H,3,6-7H2,1-2H3,(H,15,16). The third-order valence-corrected chi connectivity index (χ3v) is 2.75. The average Bonchev–Trinajstić information content (AvgIpc) is 2.24. The van der Waals surface area contributed by atoms with Crippen LogP contribution in [-0.4, -0.2) is 19.0 Å². The average molecular weight is 285 g/mol. The van der Waals surface area contributed by atoms with Gasteiger partial charge >= 0.3 is 0 Å². The molecule has 16 heavy (non-hydrogen) atoms. The first kappa shape index (κ1) is 13.2. The van der Waals surface area contributed by atoms with Crippen LogP contribution in [0.25, 0.3) is 0 Å². The quantitative estimate of drug-likeness (QED) is 0.817. The minimum atomic E-state index is 0.0437. The van der Waals surface area contributed by atoms with E-state index >= 15 is 0 Å². The smallest absolute Gasteiger partial charge is 0.225 e. The number of aryl methyl sites for hydroxylation is 1. The van der Waals surface area contributed by atoms with Gasteiger partial charge in [-0.05, 0) is 31.2 Å². The molecule has 0 spiro atoms. The zero-order chi connectivity index (χ0) is 12.0. The Morgan fingerprint density at radius 2 is 2.19 bits per heavy atom. The number of carbonyl (C=O) groups is 1. The number of anilines is 1. The molecule has 1 aromatic rings. The largest absolute Gasteiger partial charge is 0.326 e. The molecular weight excluding hydrogens is 268 g/mol. The number of nitrogens with one attached hydrogen (secondary N) is 2. The molecule has 0 saturated heterocycles. The lowest BCUT2D eigenvalue weighted by Gasteiger charge is -2.08. The molecule has 4 heteroatoms. The summed E-state index contributed by atoms with van der Waals surface area (Å²) in [6, 6.07) is 5.86. The Bertz CT molecular complexity index is 366. The maximum Gasteiger partial charge on any atom is 0.225 e. The van der Waals surface area contributed by atoms with Gasteiger partial charge in [0, 0.05) is 23.1 Å². The van der Waals surface area contributed by atoms with E-state index in [4.69, 9.17) is 0 Å². The summed E-state index contributed by atoms with van der Waals surface area (Å²) in [5.74, 6) is 0.0437. The van der Waals surface area contributed by atoms with E-state index in [1.165, 1.54) is 0 Å². The minimum Gasteiger partial charge on any atom is -0.326 e. The zero-order valence-corrected chi connectivity index (χ0v) is 11.2. The third-order valence-electron chi connectivity index (χ3n) is 2.25. The summed E-state index contributed by atoms with van der Waals surface area (Å²) in [5.41, 5.74) is 1.94. The molecule has 2 N–H and O–H groups in total. The highest BCUT2D eigenvalue weighted by atomic mass is 79.9. The Balaban J connectivity index is 2.52. The molecule has 0 aliphatic rings. The second-order valence-corrected chi connectivity index (χ2v) is 4.53. The van der Waals surface area contributed by atoms with Crippen LogP contribution in [0.2, 0.25) is 0 Å². The molecule has 1 rings (SSSR count). The summed E-state index contributed by atoms with van der Waals surface area (Å²) in [6.45, 7) is 5.61. The van der Waals surface area contributed by atoms with Gasteiger partial charge in [0.05, 0.1) is 0 Å². The number of amides is 1. The van der Waals surface area contributed by atoms with Crippen LogP contribution in [0.4, 0.5) is 5.69 Å². The molecule has 0 saturated carbocycles. The topological polar surface area (TPSA) is 41.1 Å². The van der Waals surface area contributed by atoms with Crippen molar-refractivity contribution in [2.45, 2.75) is 20.3 Å². The maximum atomic E-state index is 11.6. The van der Waals surface area contributed by atoms with Crippen LogP contribution in [0.3, 0.4) is 0 Å². The number of rotatable bonds is 5. The monoisotopic (exact) mass is 284 g/mol. The first-order valence-corrected chi connectivity index (χ1v) is 6.19. The molecule has 0 radical (unpaired) electrons. The summed E-state index contributed by atoms with van der Waals surface area (Å²) >= 11 is 3.39. The summed E-state index contributed by atoms with van der Waals surface area (Å²) in [7, 11) is 0. The Labute approximate surface area is 105 Å². The fraction of sp³-hybridized carbons (Fsp3) is 0.417. The molecule has 0 bridgehead atoms. The Kier molecular flexibility index (Phi) is 5.49. The highest BCUT2D eigenvalue weighted by molar-refractivity contribution is 9.10. The highest BCUT2D eigenvalue weighted by Gasteiger charge is 2.04. The van der Waals surface area contributed by atoms with E-state index in [0.717, 1.165) is 28.8 Å². The van der Waals surface area contributed by atoms with Crippen molar-refractivity contribution in [1.82, 2.24) is 5.32 Å². The molecule has 1 aromatic carbocycles. The number of hydrogen-bond donors (Lipinski definition) is 2. The van der Waals surface area contributed by atoms with Gasteiger partial charge in [-0.15, -0.1) is 0 Å². The van der Waals surface area contributed by atoms with E-state index in [1.54, 1.807) is 0 Å². The molecule has 0 atom stereocenters. The summed E-state index contributed by atoms with van der Waals surface area (Å²) < 4.78 is 0.972. The fourth-order valence-electron chi connectivity index (χ4n) is 1.32. The molecule has 0 heterocycles. The van der Waals surface area contributed by atoms with Crippen molar-refractivity contribution in [2.24, 2.45) is 0 Å². The van der Waals surface area contributed by atoms with Gasteiger partial charge in [-0.1, -0.05) is 28.9 Å². The molecule has 3 nitrogen and oxygen atoms in total. The van der Waals surface area contributed by atoms with Crippen LogP contribution in [0.1, 0.15) is 18.9 Å². The van der Waals surface area contributed by atoms with Crippen molar-refractivity contribution in [2.75, 3.05) is 18.4 Å². The van der Waals surface area contributed by atoms with Crippen molar-refractivity contribution >= 4 is 27.5 Å². The van der Waals surface area contributed by atoms with Crippen LogP contribution in [0.15, 0.2) is 22.7 Å². The van der Waals surface area contributed by atoms with Crippen LogP contribution in [0.5, 0.6) is 0 Å². The van der Waals surface area contributed by atoms with E-state index in [0.29, 0.717) is 6.42 Å². The summed E-state index contributed by atoms with van der Waals surface area (Å²) in [6.07, 6.45) is 0.500. The predicted octanol–water partition coefficient (Wildman–Crippen LogP) is 2.70. The highest BCUT2D eigenvalue weighted by Crippen LogP contribution is 2.20. The van der Waals surface area contributed by atoms with Gasteiger partial charge in [0.15, 0.2) is 0 Å². The lowest BCUT2D eigenvalue weighted by atomic mass is 10.2. The molecule has 0 aromatic heterocycles. The normalized spacial score (nSPS) is 10.2. The van der Waals surface area contributed by atoms with Crippen molar-refractivity contribution in [3.05, 3.63) is 28.2 Å². The second kappa shape index (κ2) is 6.66.